The van der Waals surface area contributed by atoms with E-state index in [-0.39, 0.29) is 10.8 Å². The fourth-order valence-electron chi connectivity index (χ4n) is 6.13. The van der Waals surface area contributed by atoms with Gasteiger partial charge in [0.15, 0.2) is 0 Å². The Labute approximate surface area is 279 Å². The van der Waals surface area contributed by atoms with E-state index in [0.29, 0.717) is 5.75 Å². The minimum absolute atomic E-state index is 0.0814. The minimum atomic E-state index is -1.70. The predicted octanol–water partition coefficient (Wildman–Crippen LogP) is 9.67. The van der Waals surface area contributed by atoms with Gasteiger partial charge in [0, 0.05) is 29.9 Å². The first-order valence-corrected chi connectivity index (χ1v) is 23.5. The molecule has 0 atom stereocenters. The van der Waals surface area contributed by atoms with Crippen molar-refractivity contribution in [3.8, 4) is 39.5 Å². The molecule has 0 fully saturated rings. The van der Waals surface area contributed by atoms with Gasteiger partial charge < -0.3 is 9.67 Å². The van der Waals surface area contributed by atoms with E-state index in [2.05, 4.69) is 154 Å². The summed E-state index contributed by atoms with van der Waals surface area (Å²) in [7, 11) is -1.11. The van der Waals surface area contributed by atoms with Crippen molar-refractivity contribution >= 4 is 37.6 Å². The molecule has 6 heteroatoms. The summed E-state index contributed by atoms with van der Waals surface area (Å²) >= 11 is 0. The van der Waals surface area contributed by atoms with E-state index in [1.807, 2.05) is 6.20 Å². The van der Waals surface area contributed by atoms with E-state index in [4.69, 9.17) is 9.97 Å². The van der Waals surface area contributed by atoms with Crippen molar-refractivity contribution in [2.75, 3.05) is 0 Å². The third-order valence-electron chi connectivity index (χ3n) is 9.19. The number of nitrogens with zero attached hydrogens (tertiary/aromatic N) is 3. The number of phenolic OH excluding ortho intramolecular Hbond substituents is 1. The number of aromatic nitrogens is 3. The van der Waals surface area contributed by atoms with Crippen LogP contribution in [0.1, 0.15) is 58.2 Å². The van der Waals surface area contributed by atoms with Crippen molar-refractivity contribution in [1.82, 2.24) is 14.5 Å². The molecule has 0 saturated heterocycles. The monoisotopic (exact) mass is 647 g/mol. The summed E-state index contributed by atoms with van der Waals surface area (Å²) in [4.78, 5) is 10.2. The van der Waals surface area contributed by atoms with Crippen LogP contribution < -0.4 is 10.4 Å². The lowest BCUT2D eigenvalue weighted by Gasteiger charge is -2.27. The van der Waals surface area contributed by atoms with Gasteiger partial charge in [0.1, 0.15) is 11.6 Å². The van der Waals surface area contributed by atoms with Gasteiger partial charge in [0.2, 0.25) is 0 Å². The molecule has 5 aromatic rings. The molecular formula is C40H53N3OSi2. The molecule has 2 aromatic heterocycles. The van der Waals surface area contributed by atoms with Crippen LogP contribution in [0.25, 0.3) is 44.8 Å². The molecule has 0 amide bonds. The molecule has 2 heterocycles. The molecule has 0 unspecified atom stereocenters. The van der Waals surface area contributed by atoms with Gasteiger partial charge in [-0.25, -0.2) is 4.98 Å². The van der Waals surface area contributed by atoms with Crippen LogP contribution in [0.4, 0.5) is 0 Å². The van der Waals surface area contributed by atoms with Crippen LogP contribution in [0.5, 0.6) is 5.75 Å². The maximum Gasteiger partial charge on any atom is 0.144 e. The Morgan fingerprint density at radius 1 is 0.696 bits per heavy atom. The molecule has 0 aliphatic heterocycles. The van der Waals surface area contributed by atoms with Gasteiger partial charge in [-0.1, -0.05) is 109 Å². The summed E-state index contributed by atoms with van der Waals surface area (Å²) in [5.74, 6) is 1.10. The summed E-state index contributed by atoms with van der Waals surface area (Å²) in [6, 6.07) is 20.3. The molecule has 0 aliphatic rings. The summed E-state index contributed by atoms with van der Waals surface area (Å²) < 4.78 is 2.19. The van der Waals surface area contributed by atoms with E-state index < -0.39 is 16.1 Å². The first-order chi connectivity index (χ1) is 21.1. The number of hydrogen-bond acceptors (Lipinski definition) is 3. The lowest BCUT2D eigenvalue weighted by atomic mass is 9.79. The average molecular weight is 648 g/mol. The lowest BCUT2D eigenvalue weighted by molar-refractivity contribution is 0.446. The van der Waals surface area contributed by atoms with Crippen molar-refractivity contribution in [2.45, 2.75) is 98.6 Å². The first-order valence-electron chi connectivity index (χ1n) is 16.5. The zero-order chi connectivity index (χ0) is 34.1. The Hall–Kier alpha value is -3.49. The summed E-state index contributed by atoms with van der Waals surface area (Å²) in [6.07, 6.45) is 1.96. The van der Waals surface area contributed by atoms with Crippen LogP contribution in [-0.4, -0.2) is 35.8 Å². The van der Waals surface area contributed by atoms with Gasteiger partial charge in [-0.3, -0.25) is 4.98 Å². The van der Waals surface area contributed by atoms with Crippen LogP contribution in [0.15, 0.2) is 60.8 Å². The Kier molecular flexibility index (Phi) is 8.35. The summed E-state index contributed by atoms with van der Waals surface area (Å²) in [6.45, 7) is 29.7. The van der Waals surface area contributed by atoms with Crippen LogP contribution in [0.3, 0.4) is 0 Å². The Morgan fingerprint density at radius 3 is 1.91 bits per heavy atom. The zero-order valence-electron chi connectivity index (χ0n) is 30.6. The van der Waals surface area contributed by atoms with Crippen molar-refractivity contribution < 1.29 is 5.11 Å². The minimum Gasteiger partial charge on any atom is -0.507 e. The number of phenols is 1. The highest BCUT2D eigenvalue weighted by Crippen LogP contribution is 2.43. The fourth-order valence-corrected chi connectivity index (χ4v) is 8.42. The van der Waals surface area contributed by atoms with Gasteiger partial charge in [0.05, 0.1) is 38.4 Å². The molecule has 3 aromatic carbocycles. The smallest absolute Gasteiger partial charge is 0.144 e. The maximum atomic E-state index is 11.8. The number of rotatable bonds is 5. The van der Waals surface area contributed by atoms with Crippen molar-refractivity contribution in [2.24, 2.45) is 7.05 Å². The molecule has 0 radical (unpaired) electrons. The standard InChI is InChI=1S/C40H53N3OSi2/c1-25-17-26(19-27(18-25)34-23-29(15-16-41-34)45(9,10)11)31-22-30(46(12,13)14)24-35-36(31)42-38(43(35)8)32-20-28(39(2,3)4)21-33(37(32)44)40(5,6)7/h15-24,44H,1-14H3. The normalized spacial score (nSPS) is 13.1. The number of aromatic hydroxyl groups is 1. The van der Waals surface area contributed by atoms with E-state index in [9.17, 15) is 5.11 Å². The van der Waals surface area contributed by atoms with Gasteiger partial charge >= 0.3 is 0 Å². The third kappa shape index (κ3) is 6.52. The van der Waals surface area contributed by atoms with E-state index in [1.165, 1.54) is 21.5 Å². The fraction of sp³-hybridized carbons (Fsp3) is 0.400. The maximum absolute atomic E-state index is 11.8. The largest absolute Gasteiger partial charge is 0.507 e. The number of fused-ring (bicyclic) bond motifs is 1. The molecule has 1 N–H and O–H groups in total. The van der Waals surface area contributed by atoms with Gasteiger partial charge in [0.25, 0.3) is 0 Å². The van der Waals surface area contributed by atoms with Crippen molar-refractivity contribution in [3.05, 3.63) is 77.5 Å². The Bertz CT molecular complexity index is 1960. The number of aryl methyl sites for hydroxylation is 2. The second-order valence-corrected chi connectivity index (χ2v) is 27.5. The first kappa shape index (κ1) is 33.9. The van der Waals surface area contributed by atoms with Crippen LogP contribution in [-0.2, 0) is 17.9 Å². The second kappa shape index (κ2) is 11.3. The van der Waals surface area contributed by atoms with Gasteiger partial charge in [-0.05, 0) is 70.8 Å². The number of imidazole rings is 1. The van der Waals surface area contributed by atoms with E-state index >= 15 is 0 Å². The molecule has 4 nitrogen and oxygen atoms in total. The predicted molar refractivity (Wildman–Crippen MR) is 205 cm³/mol. The topological polar surface area (TPSA) is 50.9 Å². The van der Waals surface area contributed by atoms with E-state index in [1.54, 1.807) is 0 Å². The lowest BCUT2D eigenvalue weighted by Crippen LogP contribution is -2.37. The molecule has 5 rings (SSSR count). The van der Waals surface area contributed by atoms with Crippen molar-refractivity contribution in [1.29, 1.82) is 0 Å². The number of hydrogen-bond donors (Lipinski definition) is 1. The summed E-state index contributed by atoms with van der Waals surface area (Å²) in [5, 5.41) is 14.6. The quantitative estimate of drug-likeness (QED) is 0.193. The molecule has 0 saturated carbocycles. The van der Waals surface area contributed by atoms with Crippen LogP contribution in [0, 0.1) is 6.92 Å². The van der Waals surface area contributed by atoms with E-state index in [0.717, 1.165) is 50.4 Å². The Balaban J connectivity index is 1.82. The number of pyridine rings is 1. The Morgan fingerprint density at radius 2 is 1.33 bits per heavy atom. The third-order valence-corrected chi connectivity index (χ3v) is 13.3. The molecule has 46 heavy (non-hydrogen) atoms. The van der Waals surface area contributed by atoms with Gasteiger partial charge in [-0.2, -0.15) is 0 Å². The second-order valence-electron chi connectivity index (χ2n) is 17.3. The van der Waals surface area contributed by atoms with Crippen LogP contribution >= 0.6 is 0 Å². The number of benzene rings is 3. The van der Waals surface area contributed by atoms with Crippen molar-refractivity contribution in [3.63, 3.8) is 0 Å². The molecule has 242 valence electrons. The summed E-state index contributed by atoms with van der Waals surface area (Å²) in [5.41, 5.74) is 10.3. The highest BCUT2D eigenvalue weighted by atomic mass is 28.3. The van der Waals surface area contributed by atoms with Crippen LogP contribution in [0.2, 0.25) is 39.3 Å². The molecule has 0 aliphatic carbocycles. The zero-order valence-corrected chi connectivity index (χ0v) is 32.6. The SMILES string of the molecule is Cc1cc(-c2cc([Si](C)(C)C)ccn2)cc(-c2cc([Si](C)(C)C)cc3c2nc(-c2cc(C(C)(C)C)cc(C(C)(C)C)c2O)n3C)c1. The molecular weight excluding hydrogens is 595 g/mol. The molecule has 0 spiro atoms. The average Bonchev–Trinajstić information content (AvgIpc) is 3.26. The highest BCUT2D eigenvalue weighted by Gasteiger charge is 2.29. The van der Waals surface area contributed by atoms with Gasteiger partial charge in [-0.15, -0.1) is 0 Å². The highest BCUT2D eigenvalue weighted by molar-refractivity contribution is 6.89. The molecule has 0 bridgehead atoms.